The molecule has 0 bridgehead atoms. The molecule has 1 aromatic heterocycles. The van der Waals surface area contributed by atoms with Crippen LogP contribution in [0.25, 0.3) is 11.0 Å². The lowest BCUT2D eigenvalue weighted by atomic mass is 10.2. The zero-order valence-corrected chi connectivity index (χ0v) is 9.73. The smallest absolute Gasteiger partial charge is 0.245 e. The molecule has 3 rings (SSSR count). The lowest BCUT2D eigenvalue weighted by molar-refractivity contribution is -0.129. The van der Waals surface area contributed by atoms with Gasteiger partial charge in [-0.2, -0.15) is 0 Å². The number of amides is 1. The predicted molar refractivity (Wildman–Crippen MR) is 60.9 cm³/mol. The molecule has 2 aromatic rings. The Hall–Kier alpha value is -1.98. The molecule has 1 fully saturated rings. The Balaban J connectivity index is 2.13. The summed E-state index contributed by atoms with van der Waals surface area (Å²) in [5.41, 5.74) is 0.804. The molecule has 0 N–H and O–H groups in total. The molecule has 0 spiro atoms. The molecular formula is C12H11F2N3O. The fourth-order valence-electron chi connectivity index (χ4n) is 2.33. The summed E-state index contributed by atoms with van der Waals surface area (Å²) in [5, 5.41) is 0. The molecular weight excluding hydrogens is 240 g/mol. The number of carbonyl (C=O) groups excluding carboxylic acids is 1. The molecule has 94 valence electrons. The number of imidazole rings is 1. The van der Waals surface area contributed by atoms with E-state index in [4.69, 9.17) is 0 Å². The second-order valence-corrected chi connectivity index (χ2v) is 4.47. The fourth-order valence-corrected chi connectivity index (χ4v) is 2.33. The number of likely N-dealkylation sites (N-methyl/N-ethyl adjacent to an activating group) is 1. The minimum atomic E-state index is -0.928. The summed E-state index contributed by atoms with van der Waals surface area (Å²) in [6, 6.07) is 1.76. The van der Waals surface area contributed by atoms with E-state index < -0.39 is 11.6 Å². The SMILES string of the molecule is CN1CCC(n2cnc3cc(F)c(F)cc32)C1=O. The number of aromatic nitrogens is 2. The van der Waals surface area contributed by atoms with Gasteiger partial charge in [0.05, 0.1) is 17.4 Å². The van der Waals surface area contributed by atoms with Crippen LogP contribution >= 0.6 is 0 Å². The van der Waals surface area contributed by atoms with Crippen LogP contribution in [0.15, 0.2) is 18.5 Å². The molecule has 1 aliphatic heterocycles. The van der Waals surface area contributed by atoms with E-state index in [1.807, 2.05) is 0 Å². The molecule has 18 heavy (non-hydrogen) atoms. The maximum absolute atomic E-state index is 13.3. The van der Waals surface area contributed by atoms with Gasteiger partial charge in [0.1, 0.15) is 6.04 Å². The normalized spacial score (nSPS) is 20.1. The number of halogens is 2. The van der Waals surface area contributed by atoms with Crippen molar-refractivity contribution in [2.24, 2.45) is 0 Å². The maximum atomic E-state index is 13.3. The van der Waals surface area contributed by atoms with Gasteiger partial charge in [0.15, 0.2) is 11.6 Å². The number of hydrogen-bond donors (Lipinski definition) is 0. The number of nitrogens with zero attached hydrogens (tertiary/aromatic N) is 3. The maximum Gasteiger partial charge on any atom is 0.245 e. The average molecular weight is 251 g/mol. The summed E-state index contributed by atoms with van der Waals surface area (Å²) >= 11 is 0. The lowest BCUT2D eigenvalue weighted by Crippen LogP contribution is -2.24. The first-order valence-electron chi connectivity index (χ1n) is 5.64. The van der Waals surface area contributed by atoms with Crippen LogP contribution in [0.1, 0.15) is 12.5 Å². The summed E-state index contributed by atoms with van der Waals surface area (Å²) < 4.78 is 27.9. The van der Waals surface area contributed by atoms with Crippen LogP contribution in [0.2, 0.25) is 0 Å². The quantitative estimate of drug-likeness (QED) is 0.774. The Morgan fingerprint density at radius 1 is 1.33 bits per heavy atom. The highest BCUT2D eigenvalue weighted by atomic mass is 19.2. The Morgan fingerprint density at radius 2 is 2.06 bits per heavy atom. The monoisotopic (exact) mass is 251 g/mol. The standard InChI is InChI=1S/C12H11F2N3O/c1-16-3-2-10(12(16)18)17-6-15-9-4-7(13)8(14)5-11(9)17/h4-6,10H,2-3H2,1H3. The van der Waals surface area contributed by atoms with E-state index in [0.717, 1.165) is 12.1 Å². The summed E-state index contributed by atoms with van der Waals surface area (Å²) in [6.07, 6.45) is 2.12. The zero-order valence-electron chi connectivity index (χ0n) is 9.73. The van der Waals surface area contributed by atoms with Crippen molar-refractivity contribution >= 4 is 16.9 Å². The Morgan fingerprint density at radius 3 is 2.72 bits per heavy atom. The van der Waals surface area contributed by atoms with Crippen molar-refractivity contribution in [1.82, 2.24) is 14.5 Å². The number of likely N-dealkylation sites (tertiary alicyclic amines) is 1. The van der Waals surface area contributed by atoms with E-state index >= 15 is 0 Å². The van der Waals surface area contributed by atoms with Gasteiger partial charge in [0, 0.05) is 25.7 Å². The van der Waals surface area contributed by atoms with Crippen LogP contribution in [-0.2, 0) is 4.79 Å². The van der Waals surface area contributed by atoms with Gasteiger partial charge in [-0.25, -0.2) is 13.8 Å². The van der Waals surface area contributed by atoms with E-state index in [1.165, 1.54) is 6.33 Å². The summed E-state index contributed by atoms with van der Waals surface area (Å²) in [7, 11) is 1.72. The van der Waals surface area contributed by atoms with Crippen LogP contribution in [0.4, 0.5) is 8.78 Å². The first-order chi connectivity index (χ1) is 8.58. The van der Waals surface area contributed by atoms with Crippen LogP contribution in [0.5, 0.6) is 0 Å². The molecule has 1 atom stereocenters. The minimum absolute atomic E-state index is 0.0287. The predicted octanol–water partition coefficient (Wildman–Crippen LogP) is 1.72. The lowest BCUT2D eigenvalue weighted by Gasteiger charge is -2.12. The van der Waals surface area contributed by atoms with Crippen LogP contribution in [0, 0.1) is 11.6 Å². The average Bonchev–Trinajstić information content (AvgIpc) is 2.86. The number of carbonyl (C=O) groups is 1. The molecule has 2 heterocycles. The number of fused-ring (bicyclic) bond motifs is 1. The fraction of sp³-hybridized carbons (Fsp3) is 0.333. The largest absolute Gasteiger partial charge is 0.344 e. The highest BCUT2D eigenvalue weighted by molar-refractivity contribution is 5.85. The highest BCUT2D eigenvalue weighted by Gasteiger charge is 2.31. The summed E-state index contributed by atoms with van der Waals surface area (Å²) in [6.45, 7) is 0.660. The van der Waals surface area contributed by atoms with Crippen molar-refractivity contribution in [1.29, 1.82) is 0 Å². The van der Waals surface area contributed by atoms with Gasteiger partial charge in [0.25, 0.3) is 0 Å². The van der Waals surface area contributed by atoms with Crippen molar-refractivity contribution in [2.75, 3.05) is 13.6 Å². The molecule has 1 amide bonds. The van der Waals surface area contributed by atoms with E-state index in [9.17, 15) is 13.6 Å². The van der Waals surface area contributed by atoms with Gasteiger partial charge in [-0.3, -0.25) is 4.79 Å². The van der Waals surface area contributed by atoms with Gasteiger partial charge in [0.2, 0.25) is 5.91 Å². The molecule has 0 aliphatic carbocycles. The van der Waals surface area contributed by atoms with Gasteiger partial charge >= 0.3 is 0 Å². The van der Waals surface area contributed by atoms with Crippen molar-refractivity contribution in [3.63, 3.8) is 0 Å². The van der Waals surface area contributed by atoms with Crippen LogP contribution in [0.3, 0.4) is 0 Å². The third-order valence-electron chi connectivity index (χ3n) is 3.35. The van der Waals surface area contributed by atoms with E-state index in [0.29, 0.717) is 24.0 Å². The third kappa shape index (κ3) is 1.48. The van der Waals surface area contributed by atoms with Crippen molar-refractivity contribution in [3.05, 3.63) is 30.1 Å². The van der Waals surface area contributed by atoms with Gasteiger partial charge < -0.3 is 9.47 Å². The Labute approximate surface area is 102 Å². The Kier molecular flexibility index (Phi) is 2.33. The molecule has 1 aromatic carbocycles. The van der Waals surface area contributed by atoms with Gasteiger partial charge in [-0.05, 0) is 6.42 Å². The molecule has 0 radical (unpaired) electrons. The topological polar surface area (TPSA) is 38.1 Å². The first kappa shape index (κ1) is 11.1. The second-order valence-electron chi connectivity index (χ2n) is 4.47. The molecule has 1 unspecified atom stereocenters. The zero-order chi connectivity index (χ0) is 12.9. The summed E-state index contributed by atoms with van der Waals surface area (Å²) in [5.74, 6) is -1.88. The number of hydrogen-bond acceptors (Lipinski definition) is 2. The van der Waals surface area contributed by atoms with Crippen molar-refractivity contribution in [3.8, 4) is 0 Å². The first-order valence-corrected chi connectivity index (χ1v) is 5.64. The molecule has 0 saturated carbocycles. The number of benzene rings is 1. The van der Waals surface area contributed by atoms with E-state index in [2.05, 4.69) is 4.98 Å². The third-order valence-corrected chi connectivity index (χ3v) is 3.35. The minimum Gasteiger partial charge on any atom is -0.344 e. The van der Waals surface area contributed by atoms with E-state index in [1.54, 1.807) is 16.5 Å². The second kappa shape index (κ2) is 3.76. The number of rotatable bonds is 1. The van der Waals surface area contributed by atoms with Gasteiger partial charge in [-0.15, -0.1) is 0 Å². The Bertz CT molecular complexity index is 638. The van der Waals surface area contributed by atoms with E-state index in [-0.39, 0.29) is 11.9 Å². The molecule has 1 aliphatic rings. The summed E-state index contributed by atoms with van der Waals surface area (Å²) in [4.78, 5) is 17.5. The molecule has 6 heteroatoms. The van der Waals surface area contributed by atoms with Crippen LogP contribution < -0.4 is 0 Å². The molecule has 1 saturated heterocycles. The highest BCUT2D eigenvalue weighted by Crippen LogP contribution is 2.27. The van der Waals surface area contributed by atoms with Crippen molar-refractivity contribution in [2.45, 2.75) is 12.5 Å². The van der Waals surface area contributed by atoms with Crippen LogP contribution in [-0.4, -0.2) is 34.0 Å². The van der Waals surface area contributed by atoms with Crippen molar-refractivity contribution < 1.29 is 13.6 Å². The van der Waals surface area contributed by atoms with Gasteiger partial charge in [-0.1, -0.05) is 0 Å². The molecule has 4 nitrogen and oxygen atoms in total.